The molecule has 0 aromatic rings. The van der Waals surface area contributed by atoms with E-state index in [1.54, 1.807) is 130 Å². The first-order valence-corrected chi connectivity index (χ1v) is 28.8. The van der Waals surface area contributed by atoms with Gasteiger partial charge in [-0.3, -0.25) is 9.35 Å². The summed E-state index contributed by atoms with van der Waals surface area (Å²) in [4.78, 5) is 82.2. The first kappa shape index (κ1) is 71.7. The van der Waals surface area contributed by atoms with Gasteiger partial charge < -0.3 is 60.3 Å². The first-order chi connectivity index (χ1) is 34.3. The molecule has 3 unspecified atom stereocenters. The van der Waals surface area contributed by atoms with Crippen molar-refractivity contribution in [2.45, 2.75) is 266 Å². The average Bonchev–Trinajstić information content (AvgIpc) is 3.18. The predicted molar refractivity (Wildman–Crippen MR) is 295 cm³/mol. The van der Waals surface area contributed by atoms with Gasteiger partial charge in [0, 0.05) is 38.3 Å². The Hall–Kier alpha value is -4.31. The second-order valence-corrected chi connectivity index (χ2v) is 27.5. The highest BCUT2D eigenvalue weighted by molar-refractivity contribution is 7.85. The van der Waals surface area contributed by atoms with E-state index in [1.165, 1.54) is 0 Å². The Morgan fingerprint density at radius 2 is 0.855 bits per heavy atom. The molecular weight excluding hydrogens is 1000 g/mol. The van der Waals surface area contributed by atoms with Gasteiger partial charge in [0.2, 0.25) is 0 Å². The maximum atomic E-state index is 14.6. The number of carbonyl (C=O) groups excluding carboxylic acids is 6. The van der Waals surface area contributed by atoms with E-state index in [4.69, 9.17) is 34.2 Å². The minimum Gasteiger partial charge on any atom is -0.459 e. The number of nitrogens with zero attached hydrogens (tertiary/aromatic N) is 1. The Morgan fingerprint density at radius 3 is 1.30 bits per heavy atom. The second kappa shape index (κ2) is 31.3. The summed E-state index contributed by atoms with van der Waals surface area (Å²) in [7, 11) is -4.12. The quantitative estimate of drug-likeness (QED) is 0.0169. The van der Waals surface area contributed by atoms with Crippen LogP contribution in [0.15, 0.2) is 0 Å². The Bertz CT molecular complexity index is 1910. The van der Waals surface area contributed by atoms with Crippen molar-refractivity contribution in [2.24, 2.45) is 11.7 Å². The van der Waals surface area contributed by atoms with Crippen LogP contribution in [0.4, 0.5) is 24.0 Å². The molecule has 0 radical (unpaired) electrons. The standard InChI is InChI=1S/C54H104N6O15S/c1-47(2,3)70-41(61)53(55,30-26-35-57-43(63)72-49(7,8)9)31-28-37-60(46(66)75-52(16,17)18)39-40(29-22-20-19-21-25-38-76(67,68)69)54(59-45(65)74-51(13,14)15,33-27-36-58-44(64)73-50(10,11)12)32-23-24-34-56-42(62)71-48(4,5)6/h40H,19-39,55H2,1-18H3,(H,56,62)(H,57,63)(H,58,64)(H,59,65)(H,67,68,69). The van der Waals surface area contributed by atoms with E-state index >= 15 is 0 Å². The van der Waals surface area contributed by atoms with E-state index in [2.05, 4.69) is 21.3 Å². The van der Waals surface area contributed by atoms with Gasteiger partial charge in [-0.2, -0.15) is 8.42 Å². The van der Waals surface area contributed by atoms with Crippen molar-refractivity contribution in [3.8, 4) is 0 Å². The zero-order valence-electron chi connectivity index (χ0n) is 50.0. The highest BCUT2D eigenvalue weighted by Crippen LogP contribution is 2.36. The zero-order valence-corrected chi connectivity index (χ0v) is 50.8. The summed E-state index contributed by atoms with van der Waals surface area (Å²) in [5.74, 6) is -1.53. The van der Waals surface area contributed by atoms with Gasteiger partial charge in [-0.15, -0.1) is 0 Å². The zero-order chi connectivity index (χ0) is 59.0. The highest BCUT2D eigenvalue weighted by atomic mass is 32.2. The molecule has 0 rings (SSSR count). The molecule has 76 heavy (non-hydrogen) atoms. The number of nitrogens with two attached hydrogens (primary N) is 1. The fourth-order valence-electron chi connectivity index (χ4n) is 8.05. The average molecular weight is 1110 g/mol. The summed E-state index contributed by atoms with van der Waals surface area (Å²) in [6.45, 7) is 32.2. The third-order valence-electron chi connectivity index (χ3n) is 11.1. The molecule has 0 bridgehead atoms. The predicted octanol–water partition coefficient (Wildman–Crippen LogP) is 10.5. The molecule has 7 N–H and O–H groups in total. The van der Waals surface area contributed by atoms with Gasteiger partial charge in [0.05, 0.1) is 5.75 Å². The Kier molecular flexibility index (Phi) is 29.5. The van der Waals surface area contributed by atoms with Gasteiger partial charge in [0.25, 0.3) is 10.1 Å². The van der Waals surface area contributed by atoms with Crippen molar-refractivity contribution in [3.05, 3.63) is 0 Å². The molecule has 0 heterocycles. The Morgan fingerprint density at radius 1 is 0.474 bits per heavy atom. The van der Waals surface area contributed by atoms with Gasteiger partial charge in [-0.1, -0.05) is 25.7 Å². The number of amides is 5. The number of ether oxygens (including phenoxy) is 6. The molecule has 22 heteroatoms. The van der Waals surface area contributed by atoms with Crippen molar-refractivity contribution >= 4 is 46.6 Å². The van der Waals surface area contributed by atoms with E-state index < -0.39 is 97.2 Å². The molecule has 0 aromatic carbocycles. The number of nitrogens with one attached hydrogen (secondary N) is 4. The third-order valence-corrected chi connectivity index (χ3v) is 11.9. The lowest BCUT2D eigenvalue weighted by atomic mass is 9.73. The lowest BCUT2D eigenvalue weighted by Gasteiger charge is -2.44. The summed E-state index contributed by atoms with van der Waals surface area (Å²) in [5.41, 5.74) is -0.587. The van der Waals surface area contributed by atoms with Crippen molar-refractivity contribution in [2.75, 3.05) is 38.5 Å². The van der Waals surface area contributed by atoms with Crippen LogP contribution < -0.4 is 27.0 Å². The van der Waals surface area contributed by atoms with Crippen LogP contribution in [-0.2, 0) is 43.3 Å². The van der Waals surface area contributed by atoms with Crippen molar-refractivity contribution < 1.29 is 70.2 Å². The summed E-state index contributed by atoms with van der Waals surface area (Å²) in [5, 5.41) is 11.6. The first-order valence-electron chi connectivity index (χ1n) is 27.2. The molecule has 0 aliphatic carbocycles. The normalized spacial score (nSPS) is 14.7. The summed E-state index contributed by atoms with van der Waals surface area (Å²) < 4.78 is 66.4. The van der Waals surface area contributed by atoms with Crippen LogP contribution in [0.1, 0.15) is 221 Å². The van der Waals surface area contributed by atoms with Crippen LogP contribution >= 0.6 is 0 Å². The summed E-state index contributed by atoms with van der Waals surface area (Å²) >= 11 is 0. The van der Waals surface area contributed by atoms with Crippen molar-refractivity contribution in [1.82, 2.24) is 26.2 Å². The van der Waals surface area contributed by atoms with Gasteiger partial charge in [-0.05, 0) is 201 Å². The van der Waals surface area contributed by atoms with E-state index in [0.29, 0.717) is 64.2 Å². The van der Waals surface area contributed by atoms with Gasteiger partial charge in [-0.25, -0.2) is 24.0 Å². The van der Waals surface area contributed by atoms with Gasteiger partial charge in [0.1, 0.15) is 39.1 Å². The lowest BCUT2D eigenvalue weighted by Crippen LogP contribution is -2.58. The Labute approximate surface area is 457 Å². The topological polar surface area (TPSA) is 290 Å². The molecule has 3 atom stereocenters. The number of hydrogen-bond donors (Lipinski definition) is 6. The molecule has 0 aliphatic rings. The SMILES string of the molecule is CC(C)(C)OC(=O)NCCCCC(CCCNC(=O)OC(C)(C)C)(NC(=O)OC(C)(C)C)C(CCCCCCCS(=O)(=O)O)CN(CCCC(N)(CCCNC(=O)OC(C)(C)C)C(=O)OC(C)(C)C)C(=O)OC(C)(C)C. The molecule has 0 spiro atoms. The van der Waals surface area contributed by atoms with Crippen molar-refractivity contribution in [1.29, 1.82) is 0 Å². The largest absolute Gasteiger partial charge is 0.459 e. The monoisotopic (exact) mass is 1110 g/mol. The fraction of sp³-hybridized carbons (Fsp3) is 0.889. The molecule has 0 aromatic heterocycles. The summed E-state index contributed by atoms with van der Waals surface area (Å²) in [6, 6.07) is 0. The molecule has 0 saturated heterocycles. The number of carbonyl (C=O) groups is 6. The minimum absolute atomic E-state index is 0.0347. The maximum Gasteiger partial charge on any atom is 0.410 e. The van der Waals surface area contributed by atoms with Crippen LogP contribution in [0.25, 0.3) is 0 Å². The van der Waals surface area contributed by atoms with Crippen LogP contribution in [0.2, 0.25) is 0 Å². The van der Waals surface area contributed by atoms with Crippen molar-refractivity contribution in [3.63, 3.8) is 0 Å². The van der Waals surface area contributed by atoms with E-state index in [0.717, 1.165) is 0 Å². The maximum absolute atomic E-state index is 14.6. The number of rotatable bonds is 30. The lowest BCUT2D eigenvalue weighted by molar-refractivity contribution is -0.162. The minimum atomic E-state index is -4.12. The smallest absolute Gasteiger partial charge is 0.410 e. The van der Waals surface area contributed by atoms with Crippen LogP contribution in [0.5, 0.6) is 0 Å². The van der Waals surface area contributed by atoms with Crippen LogP contribution in [0.3, 0.4) is 0 Å². The number of alkyl carbamates (subject to hydrolysis) is 4. The molecule has 0 saturated carbocycles. The number of hydrogen-bond acceptors (Lipinski definition) is 15. The molecule has 5 amide bonds. The molecule has 446 valence electrons. The Balaban J connectivity index is 7.63. The number of unbranched alkanes of at least 4 members (excludes halogenated alkanes) is 5. The van der Waals surface area contributed by atoms with Gasteiger partial charge in [0.15, 0.2) is 0 Å². The van der Waals surface area contributed by atoms with Gasteiger partial charge >= 0.3 is 36.4 Å². The number of esters is 1. The molecule has 21 nitrogen and oxygen atoms in total. The van der Waals surface area contributed by atoms with E-state index in [9.17, 15) is 41.7 Å². The summed E-state index contributed by atoms with van der Waals surface area (Å²) in [6.07, 6.45) is 2.55. The van der Waals surface area contributed by atoms with E-state index in [-0.39, 0.29) is 70.6 Å². The van der Waals surface area contributed by atoms with Crippen LogP contribution in [-0.4, -0.2) is 137 Å². The molecule has 0 aliphatic heterocycles. The molecular formula is C54H104N6O15S. The fourth-order valence-corrected chi connectivity index (χ4v) is 8.61. The third kappa shape index (κ3) is 37.5. The van der Waals surface area contributed by atoms with E-state index in [1.807, 2.05) is 0 Å². The second-order valence-electron chi connectivity index (χ2n) is 26.0. The molecule has 0 fully saturated rings. The highest BCUT2D eigenvalue weighted by Gasteiger charge is 2.43. The van der Waals surface area contributed by atoms with Crippen LogP contribution in [0, 0.1) is 5.92 Å².